The largest absolute Gasteiger partial charge is 0.392 e. The first-order valence-corrected chi connectivity index (χ1v) is 6.27. The number of hydrogen-bond acceptors (Lipinski definition) is 4. The minimum absolute atomic E-state index is 0.155. The molecule has 1 heterocycles. The number of aliphatic hydroxyl groups is 1. The van der Waals surface area contributed by atoms with E-state index in [1.165, 1.54) is 0 Å². The van der Waals surface area contributed by atoms with Crippen LogP contribution in [0.15, 0.2) is 16.7 Å². The van der Waals surface area contributed by atoms with Crippen molar-refractivity contribution in [3.05, 3.63) is 29.0 Å². The number of aliphatic hydroxyl groups excluding tert-OH is 1. The highest BCUT2D eigenvalue weighted by Crippen LogP contribution is 2.23. The van der Waals surface area contributed by atoms with E-state index in [0.717, 1.165) is 22.1 Å². The van der Waals surface area contributed by atoms with Gasteiger partial charge in [-0.05, 0) is 38.0 Å². The number of carbonyl (C=O) groups excluding carboxylic acids is 1. The van der Waals surface area contributed by atoms with Gasteiger partial charge in [-0.25, -0.2) is 0 Å². The van der Waals surface area contributed by atoms with Crippen LogP contribution in [-0.2, 0) is 11.2 Å². The Balaban J connectivity index is 2.19. The highest BCUT2D eigenvalue weighted by molar-refractivity contribution is 5.88. The molecule has 1 atom stereocenters. The summed E-state index contributed by atoms with van der Waals surface area (Å²) in [4.78, 5) is 11.7. The number of rotatable bonds is 4. The van der Waals surface area contributed by atoms with Gasteiger partial charge in [0.1, 0.15) is 5.69 Å². The lowest BCUT2D eigenvalue weighted by Gasteiger charge is -2.05. The Labute approximate surface area is 111 Å². The Bertz CT molecular complexity index is 602. The first kappa shape index (κ1) is 13.5. The van der Waals surface area contributed by atoms with Crippen molar-refractivity contribution in [1.29, 1.82) is 0 Å². The van der Waals surface area contributed by atoms with Crippen molar-refractivity contribution in [2.24, 2.45) is 0 Å². The second-order valence-corrected chi connectivity index (χ2v) is 4.92. The summed E-state index contributed by atoms with van der Waals surface area (Å²) in [5, 5.41) is 16.6. The van der Waals surface area contributed by atoms with Crippen LogP contribution in [-0.4, -0.2) is 28.8 Å². The molecule has 0 spiro atoms. The van der Waals surface area contributed by atoms with Crippen molar-refractivity contribution in [3.63, 3.8) is 0 Å². The molecule has 1 aromatic heterocycles. The predicted octanol–water partition coefficient (Wildman–Crippen LogP) is 1.48. The molecule has 2 rings (SSSR count). The maximum Gasteiger partial charge on any atom is 0.226 e. The lowest BCUT2D eigenvalue weighted by atomic mass is 10.1. The minimum Gasteiger partial charge on any atom is -0.392 e. The normalized spacial score (nSPS) is 12.6. The van der Waals surface area contributed by atoms with E-state index in [2.05, 4.69) is 10.5 Å². The summed E-state index contributed by atoms with van der Waals surface area (Å²) in [6, 6.07) is 3.99. The average molecular weight is 262 g/mol. The van der Waals surface area contributed by atoms with Gasteiger partial charge >= 0.3 is 0 Å². The Hall–Kier alpha value is -1.88. The van der Waals surface area contributed by atoms with Crippen LogP contribution in [0.4, 0.5) is 0 Å². The van der Waals surface area contributed by atoms with Crippen molar-refractivity contribution in [3.8, 4) is 0 Å². The van der Waals surface area contributed by atoms with E-state index >= 15 is 0 Å². The van der Waals surface area contributed by atoms with Gasteiger partial charge in [0.05, 0.1) is 12.5 Å². The van der Waals surface area contributed by atoms with Gasteiger partial charge in [-0.15, -0.1) is 0 Å². The zero-order valence-corrected chi connectivity index (χ0v) is 11.4. The second-order valence-electron chi connectivity index (χ2n) is 4.92. The number of amides is 1. The van der Waals surface area contributed by atoms with E-state index in [9.17, 15) is 4.79 Å². The topological polar surface area (TPSA) is 75.4 Å². The van der Waals surface area contributed by atoms with Gasteiger partial charge in [-0.3, -0.25) is 4.79 Å². The highest BCUT2D eigenvalue weighted by Gasteiger charge is 2.14. The molecular formula is C14H18N2O3. The van der Waals surface area contributed by atoms with Crippen molar-refractivity contribution in [1.82, 2.24) is 10.5 Å². The molecule has 0 aliphatic carbocycles. The van der Waals surface area contributed by atoms with E-state index in [0.29, 0.717) is 5.69 Å². The summed E-state index contributed by atoms with van der Waals surface area (Å²) >= 11 is 0. The van der Waals surface area contributed by atoms with Crippen LogP contribution in [0.2, 0.25) is 0 Å². The standard InChI is InChI=1S/C14H18N2O3/c1-8-4-9(2)14-11(5-8)12(16-19-14)6-13(18)15-7-10(3)17/h4-5,10,17H,6-7H2,1-3H3,(H,15,18). The molecule has 1 aromatic carbocycles. The first-order chi connectivity index (χ1) is 8.97. The molecule has 0 aliphatic heterocycles. The molecule has 0 saturated carbocycles. The van der Waals surface area contributed by atoms with Crippen LogP contribution in [0, 0.1) is 13.8 Å². The van der Waals surface area contributed by atoms with Gasteiger partial charge in [0.2, 0.25) is 5.91 Å². The summed E-state index contributed by atoms with van der Waals surface area (Å²) in [6.45, 7) is 5.82. The van der Waals surface area contributed by atoms with E-state index in [1.807, 2.05) is 26.0 Å². The number of nitrogens with zero attached hydrogens (tertiary/aromatic N) is 1. The molecule has 2 aromatic rings. The maximum absolute atomic E-state index is 11.7. The third kappa shape index (κ3) is 3.12. The van der Waals surface area contributed by atoms with Gasteiger partial charge in [0.15, 0.2) is 5.58 Å². The Morgan fingerprint density at radius 2 is 2.21 bits per heavy atom. The molecule has 1 unspecified atom stereocenters. The lowest BCUT2D eigenvalue weighted by molar-refractivity contribution is -0.120. The third-order valence-electron chi connectivity index (χ3n) is 2.90. The zero-order chi connectivity index (χ0) is 14.0. The Morgan fingerprint density at radius 1 is 1.47 bits per heavy atom. The molecule has 5 heteroatoms. The Morgan fingerprint density at radius 3 is 2.89 bits per heavy atom. The molecule has 5 nitrogen and oxygen atoms in total. The molecule has 102 valence electrons. The molecule has 0 saturated heterocycles. The molecule has 0 fully saturated rings. The SMILES string of the molecule is Cc1cc(C)c2onc(CC(=O)NCC(C)O)c2c1. The van der Waals surface area contributed by atoms with Crippen molar-refractivity contribution in [2.45, 2.75) is 33.3 Å². The molecule has 1 amide bonds. The summed E-state index contributed by atoms with van der Waals surface area (Å²) in [7, 11) is 0. The second kappa shape index (κ2) is 5.40. The summed E-state index contributed by atoms with van der Waals surface area (Å²) < 4.78 is 5.28. The smallest absolute Gasteiger partial charge is 0.226 e. The number of hydrogen-bond donors (Lipinski definition) is 2. The minimum atomic E-state index is -0.553. The van der Waals surface area contributed by atoms with Crippen LogP contribution in [0.3, 0.4) is 0 Å². The van der Waals surface area contributed by atoms with Crippen LogP contribution < -0.4 is 5.32 Å². The van der Waals surface area contributed by atoms with Gasteiger partial charge in [-0.1, -0.05) is 11.2 Å². The van der Waals surface area contributed by atoms with Crippen molar-refractivity contribution < 1.29 is 14.4 Å². The zero-order valence-electron chi connectivity index (χ0n) is 11.4. The number of fused-ring (bicyclic) bond motifs is 1. The summed E-state index contributed by atoms with van der Waals surface area (Å²) in [5.74, 6) is -0.171. The average Bonchev–Trinajstić information content (AvgIpc) is 2.70. The maximum atomic E-state index is 11.7. The van der Waals surface area contributed by atoms with Crippen LogP contribution in [0.5, 0.6) is 0 Å². The predicted molar refractivity (Wildman–Crippen MR) is 71.9 cm³/mol. The van der Waals surface area contributed by atoms with Crippen LogP contribution in [0.25, 0.3) is 11.0 Å². The number of nitrogens with one attached hydrogen (secondary N) is 1. The summed E-state index contributed by atoms with van der Waals surface area (Å²) in [5.41, 5.74) is 3.48. The van der Waals surface area contributed by atoms with E-state index in [-0.39, 0.29) is 18.9 Å². The Kier molecular flexibility index (Phi) is 3.85. The quantitative estimate of drug-likeness (QED) is 0.875. The number of carbonyl (C=O) groups is 1. The molecular weight excluding hydrogens is 244 g/mol. The van der Waals surface area contributed by atoms with E-state index < -0.39 is 6.10 Å². The van der Waals surface area contributed by atoms with Gasteiger partial charge in [-0.2, -0.15) is 0 Å². The number of aromatic nitrogens is 1. The van der Waals surface area contributed by atoms with E-state index in [4.69, 9.17) is 9.63 Å². The van der Waals surface area contributed by atoms with Gasteiger partial charge in [0, 0.05) is 11.9 Å². The van der Waals surface area contributed by atoms with Crippen LogP contribution in [0.1, 0.15) is 23.7 Å². The molecule has 0 radical (unpaired) electrons. The van der Waals surface area contributed by atoms with Crippen molar-refractivity contribution in [2.75, 3.05) is 6.54 Å². The van der Waals surface area contributed by atoms with Crippen LogP contribution >= 0.6 is 0 Å². The molecule has 2 N–H and O–H groups in total. The summed E-state index contributed by atoms with van der Waals surface area (Å²) in [6.07, 6.45) is -0.398. The fourth-order valence-electron chi connectivity index (χ4n) is 2.04. The highest BCUT2D eigenvalue weighted by atomic mass is 16.5. The monoisotopic (exact) mass is 262 g/mol. The number of aryl methyl sites for hydroxylation is 2. The molecule has 19 heavy (non-hydrogen) atoms. The fourth-order valence-corrected chi connectivity index (χ4v) is 2.04. The number of benzene rings is 1. The van der Waals surface area contributed by atoms with Gasteiger partial charge in [0.25, 0.3) is 0 Å². The lowest BCUT2D eigenvalue weighted by Crippen LogP contribution is -2.31. The van der Waals surface area contributed by atoms with E-state index in [1.54, 1.807) is 6.92 Å². The molecule has 0 bridgehead atoms. The van der Waals surface area contributed by atoms with Crippen molar-refractivity contribution >= 4 is 16.9 Å². The first-order valence-electron chi connectivity index (χ1n) is 6.27. The molecule has 0 aliphatic rings. The fraction of sp³-hybridized carbons (Fsp3) is 0.429. The third-order valence-corrected chi connectivity index (χ3v) is 2.90. The van der Waals surface area contributed by atoms with Gasteiger partial charge < -0.3 is 14.9 Å².